The number of nitrogens with one attached hydrogen (secondary N) is 1. The molecule has 0 bridgehead atoms. The van der Waals surface area contributed by atoms with Crippen molar-refractivity contribution < 1.29 is 10.9 Å². The third kappa shape index (κ3) is 3.19. The Kier molecular flexibility index (Phi) is 3.86. The number of rotatable bonds is 5. The van der Waals surface area contributed by atoms with Crippen LogP contribution in [0.3, 0.4) is 0 Å². The Balaban J connectivity index is 1.51. The first kappa shape index (κ1) is 13.1. The zero-order chi connectivity index (χ0) is 16.2. The zero-order valence-electron chi connectivity index (χ0n) is 13.4. The number of ether oxygens (including phenoxy) is 1. The van der Waals surface area contributed by atoms with Crippen molar-refractivity contribution in [1.82, 2.24) is 10.3 Å². The molecule has 2 aromatic rings. The lowest BCUT2D eigenvalue weighted by Crippen LogP contribution is -2.54. The number of hydrogen-bond donors (Lipinski definition) is 1. The number of anilines is 1. The van der Waals surface area contributed by atoms with E-state index in [1.54, 1.807) is 12.4 Å². The second-order valence-corrected chi connectivity index (χ2v) is 5.39. The molecule has 0 saturated carbocycles. The molecule has 114 valence electrons. The summed E-state index contributed by atoms with van der Waals surface area (Å²) in [5.41, 5.74) is 2.11. The number of nitrogens with zero attached hydrogens (tertiary/aromatic N) is 2. The summed E-state index contributed by atoms with van der Waals surface area (Å²) >= 11 is 0. The summed E-state index contributed by atoms with van der Waals surface area (Å²) in [7, 11) is 0. The molecule has 0 spiro atoms. The molecule has 0 unspecified atom stereocenters. The van der Waals surface area contributed by atoms with Gasteiger partial charge in [-0.3, -0.25) is 9.78 Å². The predicted molar refractivity (Wildman–Crippen MR) is 84.9 cm³/mol. The van der Waals surface area contributed by atoms with E-state index in [1.807, 2.05) is 43.3 Å². The third-order valence-electron chi connectivity index (χ3n) is 3.83. The Bertz CT molecular complexity index is 657. The van der Waals surface area contributed by atoms with Crippen LogP contribution >= 0.6 is 0 Å². The van der Waals surface area contributed by atoms with Crippen LogP contribution in [0.15, 0.2) is 48.8 Å². The Morgan fingerprint density at radius 1 is 1.32 bits per heavy atom. The average Bonchev–Trinajstić information content (AvgIpc) is 2.51. The van der Waals surface area contributed by atoms with Gasteiger partial charge in [-0.05, 0) is 36.8 Å². The molecule has 1 fully saturated rings. The summed E-state index contributed by atoms with van der Waals surface area (Å²) in [4.78, 5) is 17.0. The minimum absolute atomic E-state index is 0.180. The maximum atomic E-state index is 10.8. The standard InChI is InChI=1S/C17H19N3O2/c1-13(19-12-21)14-2-4-16(5-3-14)22-17-10-20(11-17)15-6-8-18-9-7-15/h2-9,12-13,17H,10-11H2,1H3,(H,19,21)/t13-/m0/s1/i12T. The highest BCUT2D eigenvalue weighted by Gasteiger charge is 2.28. The molecule has 1 amide bonds. The lowest BCUT2D eigenvalue weighted by Gasteiger charge is -2.40. The molecule has 5 nitrogen and oxygen atoms in total. The van der Waals surface area contributed by atoms with Gasteiger partial charge in [0.05, 0.1) is 19.1 Å². The number of carbonyl (C=O) groups is 1. The summed E-state index contributed by atoms with van der Waals surface area (Å²) in [5.74, 6) is 0.817. The number of hydrogen-bond acceptors (Lipinski definition) is 4. The number of benzene rings is 1. The monoisotopic (exact) mass is 299 g/mol. The van der Waals surface area contributed by atoms with Crippen molar-refractivity contribution >= 4 is 12.1 Å². The highest BCUT2D eigenvalue weighted by Crippen LogP contribution is 2.24. The van der Waals surface area contributed by atoms with Crippen LogP contribution in [-0.2, 0) is 4.79 Å². The number of aromatic nitrogens is 1. The van der Waals surface area contributed by atoms with Crippen LogP contribution in [0.1, 0.15) is 19.9 Å². The fraction of sp³-hybridized carbons (Fsp3) is 0.294. The molecular weight excluding hydrogens is 278 g/mol. The molecule has 1 aromatic carbocycles. The topological polar surface area (TPSA) is 54.5 Å². The Morgan fingerprint density at radius 3 is 2.64 bits per heavy atom. The molecule has 1 N–H and O–H groups in total. The molecule has 22 heavy (non-hydrogen) atoms. The second-order valence-electron chi connectivity index (χ2n) is 5.39. The summed E-state index contributed by atoms with van der Waals surface area (Å²) in [6, 6.07) is 11.4. The van der Waals surface area contributed by atoms with Crippen LogP contribution in [0.2, 0.25) is 0 Å². The van der Waals surface area contributed by atoms with Crippen LogP contribution in [0.4, 0.5) is 5.69 Å². The van der Waals surface area contributed by atoms with Gasteiger partial charge in [0.1, 0.15) is 13.2 Å². The lowest BCUT2D eigenvalue weighted by atomic mass is 10.1. The van der Waals surface area contributed by atoms with Gasteiger partial charge in [-0.25, -0.2) is 0 Å². The highest BCUT2D eigenvalue weighted by atomic mass is 16.5. The van der Waals surface area contributed by atoms with Crippen LogP contribution in [-0.4, -0.2) is 30.6 Å². The van der Waals surface area contributed by atoms with Crippen molar-refractivity contribution in [2.45, 2.75) is 19.1 Å². The quantitative estimate of drug-likeness (QED) is 0.860. The van der Waals surface area contributed by atoms with E-state index in [1.165, 1.54) is 0 Å². The van der Waals surface area contributed by atoms with Crippen LogP contribution in [0.5, 0.6) is 5.75 Å². The largest absolute Gasteiger partial charge is 0.487 e. The van der Waals surface area contributed by atoms with E-state index >= 15 is 0 Å². The number of carbonyl (C=O) groups excluding carboxylic acids is 1. The zero-order valence-corrected chi connectivity index (χ0v) is 12.4. The Morgan fingerprint density at radius 2 is 2.00 bits per heavy atom. The SMILES string of the molecule is [3H]C(=O)N[C@@H](C)c1ccc(OC2CN(c3ccncc3)C2)cc1. The van der Waals surface area contributed by atoms with Crippen molar-refractivity contribution in [3.8, 4) is 5.75 Å². The first-order chi connectivity index (χ1) is 11.1. The minimum Gasteiger partial charge on any atom is -0.487 e. The van der Waals surface area contributed by atoms with E-state index in [0.717, 1.165) is 30.1 Å². The molecule has 1 aromatic heterocycles. The molecular formula is C17H19N3O2. The smallest absolute Gasteiger partial charge is 0.207 e. The molecule has 5 heteroatoms. The summed E-state index contributed by atoms with van der Waals surface area (Å²) in [6.45, 7) is 3.56. The van der Waals surface area contributed by atoms with Crippen LogP contribution < -0.4 is 15.0 Å². The fourth-order valence-electron chi connectivity index (χ4n) is 2.48. The van der Waals surface area contributed by atoms with Crippen molar-refractivity contribution in [2.24, 2.45) is 0 Å². The number of amides is 1. The van der Waals surface area contributed by atoms with E-state index in [0.29, 0.717) is 0 Å². The summed E-state index contributed by atoms with van der Waals surface area (Å²) in [5, 5.41) is 2.54. The van der Waals surface area contributed by atoms with Crippen molar-refractivity contribution in [2.75, 3.05) is 18.0 Å². The van der Waals surface area contributed by atoms with Crippen molar-refractivity contribution in [1.29, 1.82) is 0 Å². The van der Waals surface area contributed by atoms with Crippen molar-refractivity contribution in [3.05, 3.63) is 54.4 Å². The molecule has 3 rings (SSSR count). The highest BCUT2D eigenvalue weighted by molar-refractivity contribution is 5.48. The fourth-order valence-corrected chi connectivity index (χ4v) is 2.48. The first-order valence-electron chi connectivity index (χ1n) is 7.80. The van der Waals surface area contributed by atoms with E-state index < -0.39 is 6.39 Å². The maximum Gasteiger partial charge on any atom is 0.207 e. The minimum atomic E-state index is -0.775. The van der Waals surface area contributed by atoms with Crippen LogP contribution in [0, 0.1) is 0 Å². The average molecular weight is 299 g/mol. The summed E-state index contributed by atoms with van der Waals surface area (Å²) in [6.07, 6.45) is 2.99. The van der Waals surface area contributed by atoms with Gasteiger partial charge in [-0.1, -0.05) is 12.1 Å². The molecule has 0 aliphatic carbocycles. The molecule has 1 saturated heterocycles. The maximum absolute atomic E-state index is 10.8. The van der Waals surface area contributed by atoms with Gasteiger partial charge < -0.3 is 15.0 Å². The van der Waals surface area contributed by atoms with Gasteiger partial charge in [0.2, 0.25) is 6.39 Å². The third-order valence-corrected chi connectivity index (χ3v) is 3.83. The Labute approximate surface area is 131 Å². The lowest BCUT2D eigenvalue weighted by molar-refractivity contribution is -0.110. The van der Waals surface area contributed by atoms with E-state index in [2.05, 4.69) is 15.2 Å². The molecule has 1 aliphatic rings. The van der Waals surface area contributed by atoms with Crippen LogP contribution in [0.25, 0.3) is 0 Å². The van der Waals surface area contributed by atoms with Gasteiger partial charge in [0.15, 0.2) is 0 Å². The Hall–Kier alpha value is -2.56. The van der Waals surface area contributed by atoms with Crippen molar-refractivity contribution in [3.63, 3.8) is 0 Å². The number of pyridine rings is 1. The van der Waals surface area contributed by atoms with Gasteiger partial charge in [0.25, 0.3) is 0 Å². The van der Waals surface area contributed by atoms with Gasteiger partial charge >= 0.3 is 0 Å². The van der Waals surface area contributed by atoms with Gasteiger partial charge in [0, 0.05) is 18.1 Å². The second kappa shape index (κ2) is 6.47. The molecule has 0 radical (unpaired) electrons. The normalized spacial score (nSPS) is 16.4. The molecule has 1 aliphatic heterocycles. The molecule has 1 atom stereocenters. The van der Waals surface area contributed by atoms with E-state index in [-0.39, 0.29) is 12.1 Å². The van der Waals surface area contributed by atoms with Gasteiger partial charge in [-0.15, -0.1) is 0 Å². The van der Waals surface area contributed by atoms with E-state index in [9.17, 15) is 4.79 Å². The first-order valence-corrected chi connectivity index (χ1v) is 7.30. The van der Waals surface area contributed by atoms with E-state index in [4.69, 9.17) is 6.11 Å². The predicted octanol–water partition coefficient (Wildman–Crippen LogP) is 2.16. The summed E-state index contributed by atoms with van der Waals surface area (Å²) < 4.78 is 12.9. The molecule has 2 heterocycles. The van der Waals surface area contributed by atoms with Gasteiger partial charge in [-0.2, -0.15) is 0 Å².